The molecule has 2 aromatic rings. The van der Waals surface area contributed by atoms with Crippen LogP contribution in [-0.2, 0) is 0 Å². The third-order valence-electron chi connectivity index (χ3n) is 3.52. The van der Waals surface area contributed by atoms with Gasteiger partial charge >= 0.3 is 6.18 Å². The van der Waals surface area contributed by atoms with Gasteiger partial charge in [-0.25, -0.2) is 4.98 Å². The molecule has 0 saturated heterocycles. The average Bonchev–Trinajstić information content (AvgIpc) is 3.06. The molecule has 0 aliphatic carbocycles. The molecule has 0 spiro atoms. The highest BCUT2D eigenvalue weighted by Crippen LogP contribution is 2.37. The highest BCUT2D eigenvalue weighted by molar-refractivity contribution is 6.09. The van der Waals surface area contributed by atoms with Crippen LogP contribution in [0.4, 0.5) is 18.9 Å². The lowest BCUT2D eigenvalue weighted by molar-refractivity contribution is -0.154. The zero-order valence-electron chi connectivity index (χ0n) is 13.9. The van der Waals surface area contributed by atoms with Crippen molar-refractivity contribution < 1.29 is 37.0 Å². The minimum absolute atomic E-state index is 0.00733. The van der Waals surface area contributed by atoms with E-state index in [0.29, 0.717) is 11.5 Å². The predicted octanol–water partition coefficient (Wildman–Crippen LogP) is 3.21. The van der Waals surface area contributed by atoms with Crippen LogP contribution in [0.5, 0.6) is 17.4 Å². The molecule has 27 heavy (non-hydrogen) atoms. The van der Waals surface area contributed by atoms with Gasteiger partial charge in [-0.3, -0.25) is 9.59 Å². The topological polar surface area (TPSA) is 86.8 Å². The van der Waals surface area contributed by atoms with Crippen LogP contribution in [-0.4, -0.2) is 36.3 Å². The Morgan fingerprint density at radius 3 is 2.52 bits per heavy atom. The van der Waals surface area contributed by atoms with Crippen molar-refractivity contribution in [3.63, 3.8) is 0 Å². The third kappa shape index (κ3) is 4.46. The number of halogens is 3. The van der Waals surface area contributed by atoms with E-state index < -0.39 is 18.7 Å². The van der Waals surface area contributed by atoms with Gasteiger partial charge in [-0.1, -0.05) is 0 Å². The molecule has 142 valence electrons. The summed E-state index contributed by atoms with van der Waals surface area (Å²) in [5.74, 6) is -0.393. The maximum Gasteiger partial charge on any atom is 0.422 e. The quantitative estimate of drug-likeness (QED) is 0.800. The Kier molecular flexibility index (Phi) is 4.89. The third-order valence-corrected chi connectivity index (χ3v) is 3.52. The number of carbonyl (C=O) groups excluding carboxylic acids is 2. The van der Waals surface area contributed by atoms with Crippen LogP contribution in [0.2, 0.25) is 0 Å². The van der Waals surface area contributed by atoms with Gasteiger partial charge < -0.3 is 19.5 Å². The maximum atomic E-state index is 12.4. The number of nitrogens with zero attached hydrogens (tertiary/aromatic N) is 1. The van der Waals surface area contributed by atoms with Gasteiger partial charge in [0.1, 0.15) is 0 Å². The summed E-state index contributed by atoms with van der Waals surface area (Å²) >= 11 is 0. The number of pyridine rings is 1. The average molecular weight is 382 g/mol. The molecule has 1 aliphatic rings. The summed E-state index contributed by atoms with van der Waals surface area (Å²) in [7, 11) is 0. The van der Waals surface area contributed by atoms with Crippen molar-refractivity contribution in [1.82, 2.24) is 4.98 Å². The van der Waals surface area contributed by atoms with Gasteiger partial charge in [-0.05, 0) is 19.1 Å². The maximum absolute atomic E-state index is 12.4. The second kappa shape index (κ2) is 7.14. The number of aromatic nitrogens is 1. The molecule has 1 aliphatic heterocycles. The molecule has 0 fully saturated rings. The zero-order chi connectivity index (χ0) is 19.6. The van der Waals surface area contributed by atoms with Crippen LogP contribution >= 0.6 is 0 Å². The SMILES string of the molecule is CC(=O)c1cc2c(cc1NC(=O)c1ccc(OCC(F)(F)F)nc1)OCO2. The number of ketones is 1. The number of fused-ring (bicyclic) bond motifs is 1. The fourth-order valence-corrected chi connectivity index (χ4v) is 2.29. The summed E-state index contributed by atoms with van der Waals surface area (Å²) in [6, 6.07) is 5.33. The lowest BCUT2D eigenvalue weighted by Gasteiger charge is -2.11. The first-order chi connectivity index (χ1) is 12.7. The van der Waals surface area contributed by atoms with Crippen molar-refractivity contribution in [3.05, 3.63) is 41.6 Å². The summed E-state index contributed by atoms with van der Waals surface area (Å²) in [5.41, 5.74) is 0.515. The van der Waals surface area contributed by atoms with E-state index in [1.165, 1.54) is 25.1 Å². The van der Waals surface area contributed by atoms with Gasteiger partial charge in [0.25, 0.3) is 5.91 Å². The highest BCUT2D eigenvalue weighted by Gasteiger charge is 2.28. The number of hydrogen-bond donors (Lipinski definition) is 1. The molecule has 1 aromatic carbocycles. The van der Waals surface area contributed by atoms with Crippen LogP contribution in [0.3, 0.4) is 0 Å². The first kappa shape index (κ1) is 18.5. The van der Waals surface area contributed by atoms with E-state index in [-0.39, 0.29) is 35.3 Å². The number of benzene rings is 1. The van der Waals surface area contributed by atoms with Crippen molar-refractivity contribution in [3.8, 4) is 17.4 Å². The molecule has 2 heterocycles. The van der Waals surface area contributed by atoms with E-state index >= 15 is 0 Å². The molecule has 0 atom stereocenters. The van der Waals surface area contributed by atoms with E-state index in [1.807, 2.05) is 0 Å². The van der Waals surface area contributed by atoms with Crippen molar-refractivity contribution in [2.45, 2.75) is 13.1 Å². The van der Waals surface area contributed by atoms with Crippen LogP contribution in [0.25, 0.3) is 0 Å². The molecule has 10 heteroatoms. The smallest absolute Gasteiger partial charge is 0.422 e. The fraction of sp³-hybridized carbons (Fsp3) is 0.235. The summed E-state index contributed by atoms with van der Waals surface area (Å²) in [5, 5.41) is 2.56. The molecule has 1 aromatic heterocycles. The largest absolute Gasteiger partial charge is 0.468 e. The molecule has 7 nitrogen and oxygen atoms in total. The Morgan fingerprint density at radius 2 is 1.93 bits per heavy atom. The minimum Gasteiger partial charge on any atom is -0.468 e. The van der Waals surface area contributed by atoms with Crippen LogP contribution in [0, 0.1) is 0 Å². The Morgan fingerprint density at radius 1 is 1.22 bits per heavy atom. The van der Waals surface area contributed by atoms with Crippen molar-refractivity contribution >= 4 is 17.4 Å². The van der Waals surface area contributed by atoms with Crippen molar-refractivity contribution in [1.29, 1.82) is 0 Å². The molecule has 0 radical (unpaired) electrons. The summed E-state index contributed by atoms with van der Waals surface area (Å²) in [4.78, 5) is 27.8. The monoisotopic (exact) mass is 382 g/mol. The van der Waals surface area contributed by atoms with E-state index in [4.69, 9.17) is 9.47 Å². The molecule has 0 bridgehead atoms. The molecule has 1 amide bonds. The van der Waals surface area contributed by atoms with Gasteiger partial charge in [0, 0.05) is 23.9 Å². The summed E-state index contributed by atoms with van der Waals surface area (Å²) < 4.78 is 51.3. The van der Waals surface area contributed by atoms with Gasteiger partial charge in [-0.2, -0.15) is 13.2 Å². The van der Waals surface area contributed by atoms with E-state index in [9.17, 15) is 22.8 Å². The van der Waals surface area contributed by atoms with E-state index in [1.54, 1.807) is 0 Å². The number of carbonyl (C=O) groups is 2. The second-order valence-corrected chi connectivity index (χ2v) is 5.55. The zero-order valence-corrected chi connectivity index (χ0v) is 13.9. The number of Topliss-reactive ketones (excluding diaryl/α,β-unsaturated/α-hetero) is 1. The van der Waals surface area contributed by atoms with Crippen LogP contribution in [0.1, 0.15) is 27.6 Å². The Hall–Kier alpha value is -3.30. The molecule has 1 N–H and O–H groups in total. The Labute approximate surface area is 151 Å². The number of rotatable bonds is 5. The lowest BCUT2D eigenvalue weighted by Crippen LogP contribution is -2.20. The van der Waals surface area contributed by atoms with Crippen molar-refractivity contribution in [2.24, 2.45) is 0 Å². The summed E-state index contributed by atoms with van der Waals surface area (Å²) in [6.07, 6.45) is -3.42. The normalized spacial score (nSPS) is 12.6. The molecule has 0 unspecified atom stereocenters. The minimum atomic E-state index is -4.49. The number of amides is 1. The highest BCUT2D eigenvalue weighted by atomic mass is 19.4. The number of hydrogen-bond acceptors (Lipinski definition) is 6. The second-order valence-electron chi connectivity index (χ2n) is 5.55. The van der Waals surface area contributed by atoms with Gasteiger partial charge in [0.05, 0.1) is 11.3 Å². The standard InChI is InChI=1S/C17H13F3N2O5/c1-9(23)11-4-13-14(27-8-26-13)5-12(11)22-16(24)10-2-3-15(21-6-10)25-7-17(18,19)20/h2-6H,7-8H2,1H3,(H,22,24). The Bertz CT molecular complexity index is 881. The number of anilines is 1. The molecule has 0 saturated carbocycles. The van der Waals surface area contributed by atoms with Gasteiger partial charge in [-0.15, -0.1) is 0 Å². The molecule has 3 rings (SSSR count). The fourth-order valence-electron chi connectivity index (χ4n) is 2.29. The number of nitrogens with one attached hydrogen (secondary N) is 1. The molecular weight excluding hydrogens is 369 g/mol. The molecular formula is C17H13F3N2O5. The summed E-state index contributed by atoms with van der Waals surface area (Å²) in [6.45, 7) is -0.139. The van der Waals surface area contributed by atoms with Gasteiger partial charge in [0.15, 0.2) is 23.9 Å². The van der Waals surface area contributed by atoms with E-state index in [2.05, 4.69) is 15.0 Å². The first-order valence-electron chi connectivity index (χ1n) is 7.64. The lowest BCUT2D eigenvalue weighted by atomic mass is 10.1. The van der Waals surface area contributed by atoms with Crippen LogP contribution < -0.4 is 19.5 Å². The number of alkyl halides is 3. The number of ether oxygens (including phenoxy) is 3. The van der Waals surface area contributed by atoms with Crippen molar-refractivity contribution in [2.75, 3.05) is 18.7 Å². The predicted molar refractivity (Wildman–Crippen MR) is 86.3 cm³/mol. The Balaban J connectivity index is 1.75. The first-order valence-corrected chi connectivity index (χ1v) is 7.64. The van der Waals surface area contributed by atoms with Crippen LogP contribution in [0.15, 0.2) is 30.5 Å². The van der Waals surface area contributed by atoms with Gasteiger partial charge in [0.2, 0.25) is 12.7 Å². The van der Waals surface area contributed by atoms with E-state index in [0.717, 1.165) is 12.3 Å².